The number of halogens is 1. The summed E-state index contributed by atoms with van der Waals surface area (Å²) < 4.78 is 12.9. The Kier molecular flexibility index (Phi) is 5.86. The molecular weight excluding hydrogens is 347 g/mol. The van der Waals surface area contributed by atoms with Crippen molar-refractivity contribution in [2.75, 3.05) is 11.4 Å². The summed E-state index contributed by atoms with van der Waals surface area (Å²) in [5, 5.41) is 12.9. The topological polar surface area (TPSA) is 69.6 Å². The Morgan fingerprint density at radius 2 is 1.89 bits per heavy atom. The van der Waals surface area contributed by atoms with E-state index < -0.39 is 6.10 Å². The van der Waals surface area contributed by atoms with Crippen molar-refractivity contribution < 1.29 is 19.1 Å². The van der Waals surface area contributed by atoms with E-state index in [1.54, 1.807) is 17.0 Å². The number of aliphatic hydroxyl groups excluding tert-OH is 1. The lowest BCUT2D eigenvalue weighted by atomic mass is 9.90. The van der Waals surface area contributed by atoms with Crippen molar-refractivity contribution in [2.45, 2.75) is 32.4 Å². The minimum atomic E-state index is -0.694. The molecule has 1 heterocycles. The van der Waals surface area contributed by atoms with E-state index in [-0.39, 0.29) is 23.5 Å². The van der Waals surface area contributed by atoms with Crippen LogP contribution in [0.25, 0.3) is 0 Å². The standard InChI is InChI=1S/C21H23FN2O3/c1-14(25)23-12-15-2-9-19(10-3-15)24-13-17(21(24)27)6-11-20(26)16-4-7-18(22)8-5-16/h2-5,7-10,17,20,26H,6,11-13H2,1H3,(H,23,25). The highest BCUT2D eigenvalue weighted by Gasteiger charge is 2.37. The molecular formula is C21H23FN2O3. The fourth-order valence-corrected chi connectivity index (χ4v) is 3.17. The molecule has 0 spiro atoms. The van der Waals surface area contributed by atoms with Crippen LogP contribution in [0.1, 0.15) is 37.0 Å². The Hall–Kier alpha value is -2.73. The number of carbonyl (C=O) groups excluding carboxylic acids is 2. The average molecular weight is 370 g/mol. The molecule has 142 valence electrons. The molecule has 5 nitrogen and oxygen atoms in total. The van der Waals surface area contributed by atoms with E-state index in [1.165, 1.54) is 19.1 Å². The van der Waals surface area contributed by atoms with E-state index in [0.29, 0.717) is 31.5 Å². The molecule has 1 aliphatic heterocycles. The first-order valence-electron chi connectivity index (χ1n) is 9.02. The molecule has 3 rings (SSSR count). The van der Waals surface area contributed by atoms with Gasteiger partial charge in [0.05, 0.1) is 12.0 Å². The third kappa shape index (κ3) is 4.71. The van der Waals surface area contributed by atoms with E-state index in [0.717, 1.165) is 11.3 Å². The molecule has 0 aromatic heterocycles. The smallest absolute Gasteiger partial charge is 0.231 e. The fourth-order valence-electron chi connectivity index (χ4n) is 3.17. The molecule has 0 radical (unpaired) electrons. The minimum Gasteiger partial charge on any atom is -0.388 e. The fraction of sp³-hybridized carbons (Fsp3) is 0.333. The van der Waals surface area contributed by atoms with Crippen molar-refractivity contribution in [2.24, 2.45) is 5.92 Å². The number of rotatable bonds is 7. The molecule has 0 bridgehead atoms. The summed E-state index contributed by atoms with van der Waals surface area (Å²) in [5.41, 5.74) is 2.47. The predicted octanol–water partition coefficient (Wildman–Crippen LogP) is 2.94. The van der Waals surface area contributed by atoms with Crippen molar-refractivity contribution in [1.82, 2.24) is 5.32 Å². The second-order valence-electron chi connectivity index (χ2n) is 6.87. The second-order valence-corrected chi connectivity index (χ2v) is 6.87. The first-order chi connectivity index (χ1) is 12.9. The zero-order valence-electron chi connectivity index (χ0n) is 15.2. The van der Waals surface area contributed by atoms with Crippen molar-refractivity contribution >= 4 is 17.5 Å². The normalized spacial score (nSPS) is 17.4. The molecule has 0 aliphatic carbocycles. The lowest BCUT2D eigenvalue weighted by molar-refractivity contribution is -0.127. The van der Waals surface area contributed by atoms with E-state index in [4.69, 9.17) is 0 Å². The number of hydrogen-bond donors (Lipinski definition) is 2. The van der Waals surface area contributed by atoms with Gasteiger partial charge in [0.2, 0.25) is 11.8 Å². The monoisotopic (exact) mass is 370 g/mol. The van der Waals surface area contributed by atoms with Crippen LogP contribution in [0.2, 0.25) is 0 Å². The third-order valence-electron chi connectivity index (χ3n) is 4.85. The molecule has 0 saturated carbocycles. The van der Waals surface area contributed by atoms with Crippen molar-refractivity contribution in [3.05, 3.63) is 65.5 Å². The minimum absolute atomic E-state index is 0.0518. The summed E-state index contributed by atoms with van der Waals surface area (Å²) in [6.07, 6.45) is 0.362. The molecule has 1 saturated heterocycles. The summed E-state index contributed by atoms with van der Waals surface area (Å²) in [6.45, 7) is 2.56. The highest BCUT2D eigenvalue weighted by atomic mass is 19.1. The van der Waals surface area contributed by atoms with Gasteiger partial charge in [0.25, 0.3) is 0 Å². The van der Waals surface area contributed by atoms with Crippen molar-refractivity contribution in [3.63, 3.8) is 0 Å². The van der Waals surface area contributed by atoms with Crippen LogP contribution in [-0.4, -0.2) is 23.5 Å². The van der Waals surface area contributed by atoms with Gasteiger partial charge in [0.1, 0.15) is 5.82 Å². The zero-order chi connectivity index (χ0) is 19.4. The van der Waals surface area contributed by atoms with Crippen LogP contribution >= 0.6 is 0 Å². The molecule has 2 atom stereocenters. The number of hydrogen-bond acceptors (Lipinski definition) is 3. The maximum Gasteiger partial charge on any atom is 0.231 e. The van der Waals surface area contributed by atoms with Gasteiger partial charge in [-0.2, -0.15) is 0 Å². The van der Waals surface area contributed by atoms with E-state index in [9.17, 15) is 19.1 Å². The Labute approximate surface area is 157 Å². The first-order valence-corrected chi connectivity index (χ1v) is 9.02. The Morgan fingerprint density at radius 3 is 2.48 bits per heavy atom. The first kappa shape index (κ1) is 19.0. The predicted molar refractivity (Wildman–Crippen MR) is 100 cm³/mol. The quantitative estimate of drug-likeness (QED) is 0.737. The summed E-state index contributed by atoms with van der Waals surface area (Å²) in [5.74, 6) is -0.461. The molecule has 2 amide bonds. The number of aliphatic hydroxyl groups is 1. The van der Waals surface area contributed by atoms with Crippen LogP contribution in [-0.2, 0) is 16.1 Å². The van der Waals surface area contributed by atoms with E-state index in [2.05, 4.69) is 5.32 Å². The average Bonchev–Trinajstić information content (AvgIpc) is 2.66. The molecule has 6 heteroatoms. The van der Waals surface area contributed by atoms with Crippen LogP contribution in [0, 0.1) is 11.7 Å². The van der Waals surface area contributed by atoms with Crippen LogP contribution in [0.3, 0.4) is 0 Å². The van der Waals surface area contributed by atoms with Gasteiger partial charge in [-0.1, -0.05) is 24.3 Å². The Bertz CT molecular complexity index is 805. The van der Waals surface area contributed by atoms with Gasteiger partial charge in [-0.3, -0.25) is 9.59 Å². The molecule has 1 fully saturated rings. The number of anilines is 1. The van der Waals surface area contributed by atoms with Gasteiger partial charge < -0.3 is 15.3 Å². The van der Waals surface area contributed by atoms with Crippen LogP contribution in [0.5, 0.6) is 0 Å². The lowest BCUT2D eigenvalue weighted by Gasteiger charge is -2.39. The number of carbonyl (C=O) groups is 2. The summed E-state index contributed by atoms with van der Waals surface area (Å²) in [4.78, 5) is 25.1. The number of benzene rings is 2. The molecule has 27 heavy (non-hydrogen) atoms. The van der Waals surface area contributed by atoms with Crippen LogP contribution in [0.4, 0.5) is 10.1 Å². The SMILES string of the molecule is CC(=O)NCc1ccc(N2CC(CCC(O)c3ccc(F)cc3)C2=O)cc1. The molecule has 2 aromatic rings. The zero-order valence-corrected chi connectivity index (χ0v) is 15.2. The van der Waals surface area contributed by atoms with Gasteiger partial charge in [-0.25, -0.2) is 4.39 Å². The van der Waals surface area contributed by atoms with Crippen molar-refractivity contribution in [3.8, 4) is 0 Å². The lowest BCUT2D eigenvalue weighted by Crippen LogP contribution is -2.52. The summed E-state index contributed by atoms with van der Waals surface area (Å²) >= 11 is 0. The van der Waals surface area contributed by atoms with Gasteiger partial charge in [-0.05, 0) is 48.2 Å². The molecule has 2 unspecified atom stereocenters. The summed E-state index contributed by atoms with van der Waals surface area (Å²) in [7, 11) is 0. The Morgan fingerprint density at radius 1 is 1.22 bits per heavy atom. The van der Waals surface area contributed by atoms with Gasteiger partial charge >= 0.3 is 0 Å². The Balaban J connectivity index is 1.48. The molecule has 2 N–H and O–H groups in total. The number of nitrogens with zero attached hydrogens (tertiary/aromatic N) is 1. The summed E-state index contributed by atoms with van der Waals surface area (Å²) in [6, 6.07) is 13.3. The maximum absolute atomic E-state index is 12.9. The third-order valence-corrected chi connectivity index (χ3v) is 4.85. The number of nitrogens with one attached hydrogen (secondary N) is 1. The maximum atomic E-state index is 12.9. The van der Waals surface area contributed by atoms with E-state index >= 15 is 0 Å². The van der Waals surface area contributed by atoms with Gasteiger partial charge in [0, 0.05) is 25.7 Å². The second kappa shape index (κ2) is 8.31. The highest BCUT2D eigenvalue weighted by molar-refractivity contribution is 6.01. The van der Waals surface area contributed by atoms with Crippen molar-refractivity contribution in [1.29, 1.82) is 0 Å². The van der Waals surface area contributed by atoms with E-state index in [1.807, 2.05) is 24.3 Å². The van der Waals surface area contributed by atoms with Crippen LogP contribution < -0.4 is 10.2 Å². The van der Waals surface area contributed by atoms with Crippen LogP contribution in [0.15, 0.2) is 48.5 Å². The van der Waals surface area contributed by atoms with Gasteiger partial charge in [-0.15, -0.1) is 0 Å². The molecule has 1 aliphatic rings. The number of β-lactam (4-membered cyclic amide) rings is 1. The molecule has 2 aromatic carbocycles. The number of amides is 2. The largest absolute Gasteiger partial charge is 0.388 e. The van der Waals surface area contributed by atoms with Gasteiger partial charge in [0.15, 0.2) is 0 Å². The highest BCUT2D eigenvalue weighted by Crippen LogP contribution is 2.31.